The summed E-state index contributed by atoms with van der Waals surface area (Å²) in [6, 6.07) is 4.82. The number of benzene rings is 1. The first-order chi connectivity index (χ1) is 9.10. The molecule has 1 N–H and O–H groups in total. The van der Waals surface area contributed by atoms with E-state index in [0.29, 0.717) is 12.0 Å². The minimum atomic E-state index is -0.650. The molecule has 19 heavy (non-hydrogen) atoms. The Bertz CT molecular complexity index is 556. The van der Waals surface area contributed by atoms with Crippen LogP contribution in [0.2, 0.25) is 5.02 Å². The van der Waals surface area contributed by atoms with Crippen LogP contribution < -0.4 is 0 Å². The van der Waals surface area contributed by atoms with E-state index >= 15 is 0 Å². The van der Waals surface area contributed by atoms with Crippen LogP contribution in [-0.4, -0.2) is 21.0 Å². The molecular formula is C14H16ClFN2O. The van der Waals surface area contributed by atoms with E-state index in [2.05, 4.69) is 5.10 Å². The molecule has 102 valence electrons. The van der Waals surface area contributed by atoms with Crippen LogP contribution in [0.25, 0.3) is 0 Å². The highest BCUT2D eigenvalue weighted by molar-refractivity contribution is 6.30. The van der Waals surface area contributed by atoms with Crippen LogP contribution in [0.3, 0.4) is 0 Å². The number of halogens is 2. The van der Waals surface area contributed by atoms with Crippen LogP contribution in [0.1, 0.15) is 18.1 Å². The molecule has 2 rings (SSSR count). The van der Waals surface area contributed by atoms with Gasteiger partial charge in [0.25, 0.3) is 0 Å². The molecule has 5 heteroatoms. The summed E-state index contributed by atoms with van der Waals surface area (Å²) in [4.78, 5) is 0. The third kappa shape index (κ3) is 3.55. The Balaban J connectivity index is 2.01. The van der Waals surface area contributed by atoms with Crippen molar-refractivity contribution in [1.29, 1.82) is 0 Å². The number of hydrogen-bond donors (Lipinski definition) is 1. The lowest BCUT2D eigenvalue weighted by molar-refractivity contribution is 0.174. The molecule has 1 heterocycles. The average molecular weight is 283 g/mol. The Morgan fingerprint density at radius 1 is 1.42 bits per heavy atom. The van der Waals surface area contributed by atoms with Crippen LogP contribution >= 0.6 is 11.6 Å². The number of nitrogens with zero attached hydrogens (tertiary/aromatic N) is 2. The molecule has 2 aromatic rings. The lowest BCUT2D eigenvalue weighted by Crippen LogP contribution is -2.14. The predicted molar refractivity (Wildman–Crippen MR) is 72.7 cm³/mol. The molecule has 1 unspecified atom stereocenters. The Kier molecular flexibility index (Phi) is 4.56. The van der Waals surface area contributed by atoms with E-state index in [1.165, 1.54) is 6.07 Å². The van der Waals surface area contributed by atoms with Crippen molar-refractivity contribution in [1.82, 2.24) is 9.78 Å². The smallest absolute Gasteiger partial charge is 0.145 e. The Morgan fingerprint density at radius 3 is 2.89 bits per heavy atom. The lowest BCUT2D eigenvalue weighted by Gasteiger charge is -2.10. The number of aliphatic hydroxyl groups is 1. The Hall–Kier alpha value is -1.39. The summed E-state index contributed by atoms with van der Waals surface area (Å²) in [6.07, 6.45) is 3.65. The number of aliphatic hydroxyl groups excluding tert-OH is 1. The van der Waals surface area contributed by atoms with Crippen molar-refractivity contribution < 1.29 is 9.50 Å². The third-order valence-corrected chi connectivity index (χ3v) is 3.26. The molecule has 0 spiro atoms. The zero-order chi connectivity index (χ0) is 13.8. The summed E-state index contributed by atoms with van der Waals surface area (Å²) in [7, 11) is 0. The second-order valence-corrected chi connectivity index (χ2v) is 4.89. The quantitative estimate of drug-likeness (QED) is 0.916. The van der Waals surface area contributed by atoms with Gasteiger partial charge < -0.3 is 5.11 Å². The van der Waals surface area contributed by atoms with Crippen LogP contribution in [-0.2, 0) is 19.4 Å². The summed E-state index contributed by atoms with van der Waals surface area (Å²) in [5, 5.41) is 14.2. The molecule has 0 amide bonds. The summed E-state index contributed by atoms with van der Waals surface area (Å²) >= 11 is 5.71. The Morgan fingerprint density at radius 2 is 2.21 bits per heavy atom. The van der Waals surface area contributed by atoms with Crippen molar-refractivity contribution in [2.75, 3.05) is 0 Å². The maximum atomic E-state index is 13.7. The summed E-state index contributed by atoms with van der Waals surface area (Å²) in [5.74, 6) is -0.451. The van der Waals surface area contributed by atoms with Gasteiger partial charge in [-0.1, -0.05) is 23.7 Å². The summed E-state index contributed by atoms with van der Waals surface area (Å²) in [5.41, 5.74) is 1.37. The van der Waals surface area contributed by atoms with Gasteiger partial charge >= 0.3 is 0 Å². The first-order valence-electron chi connectivity index (χ1n) is 6.22. The molecule has 1 atom stereocenters. The highest BCUT2D eigenvalue weighted by Crippen LogP contribution is 2.19. The second-order valence-electron chi connectivity index (χ2n) is 4.48. The summed E-state index contributed by atoms with van der Waals surface area (Å²) < 4.78 is 15.5. The molecule has 3 nitrogen and oxygen atoms in total. The van der Waals surface area contributed by atoms with E-state index in [0.717, 1.165) is 12.1 Å². The number of aryl methyl sites for hydroxylation is 1. The fraction of sp³-hybridized carbons (Fsp3) is 0.357. The predicted octanol–water partition coefficient (Wildman–Crippen LogP) is 2.84. The summed E-state index contributed by atoms with van der Waals surface area (Å²) in [6.45, 7) is 2.79. The normalized spacial score (nSPS) is 12.6. The van der Waals surface area contributed by atoms with Crippen LogP contribution in [0.15, 0.2) is 30.6 Å². The minimum absolute atomic E-state index is 0.0866. The fourth-order valence-electron chi connectivity index (χ4n) is 1.99. The van der Waals surface area contributed by atoms with Crippen molar-refractivity contribution in [2.45, 2.75) is 32.4 Å². The van der Waals surface area contributed by atoms with E-state index < -0.39 is 11.9 Å². The monoisotopic (exact) mass is 282 g/mol. The van der Waals surface area contributed by atoms with Gasteiger partial charge in [-0.25, -0.2) is 4.39 Å². The highest BCUT2D eigenvalue weighted by Gasteiger charge is 2.13. The minimum Gasteiger partial charge on any atom is -0.392 e. The van der Waals surface area contributed by atoms with E-state index in [1.54, 1.807) is 23.0 Å². The maximum Gasteiger partial charge on any atom is 0.145 e. The van der Waals surface area contributed by atoms with Crippen molar-refractivity contribution in [3.05, 3.63) is 52.6 Å². The molecule has 0 aliphatic rings. The van der Waals surface area contributed by atoms with Gasteiger partial charge in [0.2, 0.25) is 0 Å². The molecule has 0 aliphatic heterocycles. The van der Waals surface area contributed by atoms with E-state index in [1.807, 2.05) is 13.1 Å². The van der Waals surface area contributed by atoms with Gasteiger partial charge in [-0.3, -0.25) is 4.68 Å². The first kappa shape index (κ1) is 14.0. The lowest BCUT2D eigenvalue weighted by atomic mass is 10.0. The van der Waals surface area contributed by atoms with Gasteiger partial charge in [-0.05, 0) is 24.1 Å². The van der Waals surface area contributed by atoms with Crippen LogP contribution in [0.5, 0.6) is 0 Å². The number of hydrogen-bond acceptors (Lipinski definition) is 2. The van der Waals surface area contributed by atoms with Gasteiger partial charge in [0.15, 0.2) is 0 Å². The fourth-order valence-corrected chi connectivity index (χ4v) is 2.18. The Labute approximate surface area is 116 Å². The van der Waals surface area contributed by atoms with Crippen LogP contribution in [0, 0.1) is 5.82 Å². The standard InChI is InChI=1S/C14H16ClFN2O/c1-2-18-9-10(8-17-18)6-12(19)7-11-4-3-5-13(15)14(11)16/h3-5,8-9,12,19H,2,6-7H2,1H3. The van der Waals surface area contributed by atoms with Crippen molar-refractivity contribution >= 4 is 11.6 Å². The molecule has 0 radical (unpaired) electrons. The highest BCUT2D eigenvalue weighted by atomic mass is 35.5. The molecule has 0 fully saturated rings. The topological polar surface area (TPSA) is 38.0 Å². The van der Waals surface area contributed by atoms with E-state index in [-0.39, 0.29) is 11.4 Å². The zero-order valence-electron chi connectivity index (χ0n) is 10.7. The largest absolute Gasteiger partial charge is 0.392 e. The number of rotatable bonds is 5. The van der Waals surface area contributed by atoms with Gasteiger partial charge in [0, 0.05) is 25.6 Å². The molecular weight excluding hydrogens is 267 g/mol. The molecule has 0 saturated heterocycles. The van der Waals surface area contributed by atoms with E-state index in [9.17, 15) is 9.50 Å². The molecule has 0 bridgehead atoms. The van der Waals surface area contributed by atoms with Gasteiger partial charge in [0.05, 0.1) is 17.3 Å². The second kappa shape index (κ2) is 6.17. The maximum absolute atomic E-state index is 13.7. The zero-order valence-corrected chi connectivity index (χ0v) is 11.4. The van der Waals surface area contributed by atoms with Crippen molar-refractivity contribution in [3.8, 4) is 0 Å². The van der Waals surface area contributed by atoms with Gasteiger partial charge in [0.1, 0.15) is 5.82 Å². The molecule has 1 aromatic heterocycles. The SMILES string of the molecule is CCn1cc(CC(O)Cc2cccc(Cl)c2F)cn1. The molecule has 0 saturated carbocycles. The number of aromatic nitrogens is 2. The van der Waals surface area contributed by atoms with Crippen molar-refractivity contribution in [2.24, 2.45) is 0 Å². The van der Waals surface area contributed by atoms with Crippen molar-refractivity contribution in [3.63, 3.8) is 0 Å². The van der Waals surface area contributed by atoms with E-state index in [4.69, 9.17) is 11.6 Å². The molecule has 1 aromatic carbocycles. The third-order valence-electron chi connectivity index (χ3n) is 2.97. The van der Waals surface area contributed by atoms with Gasteiger partial charge in [-0.2, -0.15) is 5.10 Å². The molecule has 0 aliphatic carbocycles. The van der Waals surface area contributed by atoms with Crippen LogP contribution in [0.4, 0.5) is 4.39 Å². The average Bonchev–Trinajstić information content (AvgIpc) is 2.82. The van der Waals surface area contributed by atoms with Gasteiger partial charge in [-0.15, -0.1) is 0 Å². The first-order valence-corrected chi connectivity index (χ1v) is 6.60.